The number of morpholine rings is 1. The summed E-state index contributed by atoms with van der Waals surface area (Å²) in [6.45, 7) is 15.7. The molecule has 10 nitrogen and oxygen atoms in total. The summed E-state index contributed by atoms with van der Waals surface area (Å²) in [5.41, 5.74) is 6.27. The van der Waals surface area contributed by atoms with Gasteiger partial charge < -0.3 is 30.9 Å². The van der Waals surface area contributed by atoms with E-state index in [9.17, 15) is 0 Å². The van der Waals surface area contributed by atoms with Gasteiger partial charge in [0.2, 0.25) is 5.95 Å². The Morgan fingerprint density at radius 1 is 0.795 bits per heavy atom. The Labute approximate surface area is 236 Å². The normalized spacial score (nSPS) is 23.0. The summed E-state index contributed by atoms with van der Waals surface area (Å²) in [5, 5.41) is 7.47. The van der Waals surface area contributed by atoms with Crippen LogP contribution in [0.4, 0.5) is 17.6 Å². The lowest BCUT2D eigenvalue weighted by atomic mass is 9.95. The van der Waals surface area contributed by atoms with Gasteiger partial charge in [-0.25, -0.2) is 0 Å². The van der Waals surface area contributed by atoms with Gasteiger partial charge in [-0.05, 0) is 57.7 Å². The van der Waals surface area contributed by atoms with Crippen LogP contribution >= 0.6 is 0 Å². The van der Waals surface area contributed by atoms with Gasteiger partial charge in [0, 0.05) is 77.6 Å². The fourth-order valence-corrected chi connectivity index (χ4v) is 6.52. The molecule has 4 N–H and O–H groups in total. The van der Waals surface area contributed by atoms with Crippen LogP contribution in [-0.2, 0) is 4.74 Å². The molecule has 0 unspecified atom stereocenters. The van der Waals surface area contributed by atoms with Crippen molar-refractivity contribution in [3.05, 3.63) is 6.07 Å². The molecule has 4 heterocycles. The number of nitrogens with two attached hydrogens (primary N) is 1. The third-order valence-corrected chi connectivity index (χ3v) is 9.15. The average molecular weight is 544 g/mol. The van der Waals surface area contributed by atoms with Crippen molar-refractivity contribution < 1.29 is 4.74 Å². The molecular weight excluding hydrogens is 490 g/mol. The van der Waals surface area contributed by atoms with Crippen LogP contribution in [0.5, 0.6) is 0 Å². The number of nitrogen functional groups attached to an aromatic ring is 1. The van der Waals surface area contributed by atoms with Crippen LogP contribution in [0.15, 0.2) is 6.07 Å². The molecule has 5 rings (SSSR count). The summed E-state index contributed by atoms with van der Waals surface area (Å²) in [5.74, 6) is 3.10. The van der Waals surface area contributed by atoms with Crippen molar-refractivity contribution in [3.8, 4) is 0 Å². The third-order valence-electron chi connectivity index (χ3n) is 9.15. The molecule has 4 aliphatic rings. The first kappa shape index (κ1) is 28.8. The number of aromatic nitrogens is 2. The Morgan fingerprint density at radius 2 is 1.51 bits per heavy atom. The van der Waals surface area contributed by atoms with E-state index in [0.29, 0.717) is 5.82 Å². The molecule has 0 aromatic carbocycles. The van der Waals surface area contributed by atoms with Crippen molar-refractivity contribution in [1.29, 1.82) is 0 Å². The minimum atomic E-state index is 0.579. The van der Waals surface area contributed by atoms with Crippen LogP contribution in [0.2, 0.25) is 0 Å². The number of anilines is 3. The number of rotatable bonds is 12. The van der Waals surface area contributed by atoms with Crippen LogP contribution in [0.1, 0.15) is 51.4 Å². The van der Waals surface area contributed by atoms with Crippen LogP contribution < -0.4 is 26.2 Å². The second kappa shape index (κ2) is 15.3. The Hall–Kier alpha value is -1.72. The minimum absolute atomic E-state index is 0.579. The topological polar surface area (TPSA) is 98.0 Å². The van der Waals surface area contributed by atoms with Crippen molar-refractivity contribution >= 4 is 17.6 Å². The third kappa shape index (κ3) is 9.14. The summed E-state index contributed by atoms with van der Waals surface area (Å²) < 4.78 is 5.47. The van der Waals surface area contributed by atoms with Gasteiger partial charge in [0.25, 0.3) is 0 Å². The monoisotopic (exact) mass is 543 g/mol. The van der Waals surface area contributed by atoms with E-state index in [2.05, 4.69) is 35.2 Å². The highest BCUT2D eigenvalue weighted by atomic mass is 16.5. The molecule has 0 atom stereocenters. The summed E-state index contributed by atoms with van der Waals surface area (Å²) >= 11 is 0. The number of piperidine rings is 1. The quantitative estimate of drug-likeness (QED) is 0.338. The van der Waals surface area contributed by atoms with Gasteiger partial charge in [-0.1, -0.05) is 19.3 Å². The van der Waals surface area contributed by atoms with E-state index >= 15 is 0 Å². The van der Waals surface area contributed by atoms with Crippen LogP contribution in [0.25, 0.3) is 0 Å². The predicted octanol–water partition coefficient (Wildman–Crippen LogP) is 1.63. The minimum Gasteiger partial charge on any atom is -0.383 e. The molecule has 0 spiro atoms. The lowest BCUT2D eigenvalue weighted by Gasteiger charge is -2.37. The Balaban J connectivity index is 0.986. The fourth-order valence-electron chi connectivity index (χ4n) is 6.52. The fraction of sp³-hybridized carbons (Fsp3) is 0.862. The molecule has 220 valence electrons. The standard InChI is InChI=1S/C29H53N9O/c30-27-23-28(37-17-15-35(16-18-37)13-14-36-19-21-39-22-20-36)34-29(33-27)38-11-7-25(8-12-38)24-31-9-4-10-32-26-5-2-1-3-6-26/h23,25-26,31-32H,1-22,24H2,(H2,30,33,34). The van der Waals surface area contributed by atoms with Gasteiger partial charge in [0.15, 0.2) is 0 Å². The molecule has 3 saturated heterocycles. The van der Waals surface area contributed by atoms with Crippen molar-refractivity contribution in [2.45, 2.75) is 57.4 Å². The molecule has 10 heteroatoms. The number of hydrogen-bond acceptors (Lipinski definition) is 10. The van der Waals surface area contributed by atoms with Gasteiger partial charge in [-0.15, -0.1) is 0 Å². The maximum Gasteiger partial charge on any atom is 0.229 e. The average Bonchev–Trinajstić information content (AvgIpc) is 2.99. The molecule has 0 bridgehead atoms. The lowest BCUT2D eigenvalue weighted by Crippen LogP contribution is -2.49. The van der Waals surface area contributed by atoms with Gasteiger partial charge in [-0.3, -0.25) is 9.80 Å². The maximum absolute atomic E-state index is 6.27. The van der Waals surface area contributed by atoms with E-state index < -0.39 is 0 Å². The first-order valence-electron chi connectivity index (χ1n) is 15.8. The molecule has 3 aliphatic heterocycles. The highest BCUT2D eigenvalue weighted by molar-refractivity contribution is 5.52. The van der Waals surface area contributed by atoms with Crippen LogP contribution in [0, 0.1) is 5.92 Å². The molecule has 1 saturated carbocycles. The number of hydrogen-bond donors (Lipinski definition) is 3. The molecular formula is C29H53N9O. The largest absolute Gasteiger partial charge is 0.383 e. The second-order valence-corrected chi connectivity index (χ2v) is 12.0. The zero-order chi connectivity index (χ0) is 26.7. The Morgan fingerprint density at radius 3 is 2.26 bits per heavy atom. The number of nitrogens with zero attached hydrogens (tertiary/aromatic N) is 6. The number of piperazine rings is 1. The van der Waals surface area contributed by atoms with E-state index in [0.717, 1.165) is 122 Å². The van der Waals surface area contributed by atoms with Crippen LogP contribution in [0.3, 0.4) is 0 Å². The van der Waals surface area contributed by atoms with Gasteiger partial charge in [0.05, 0.1) is 13.2 Å². The van der Waals surface area contributed by atoms with Gasteiger partial charge >= 0.3 is 0 Å². The van der Waals surface area contributed by atoms with Gasteiger partial charge in [-0.2, -0.15) is 9.97 Å². The van der Waals surface area contributed by atoms with Crippen molar-refractivity contribution in [1.82, 2.24) is 30.4 Å². The molecule has 1 aromatic heterocycles. The molecule has 0 radical (unpaired) electrons. The van der Waals surface area contributed by atoms with Gasteiger partial charge in [0.1, 0.15) is 11.6 Å². The Bertz CT molecular complexity index is 830. The maximum atomic E-state index is 6.27. The van der Waals surface area contributed by atoms with E-state index in [1.807, 2.05) is 6.07 Å². The summed E-state index contributed by atoms with van der Waals surface area (Å²) in [6, 6.07) is 2.72. The number of ether oxygens (including phenoxy) is 1. The van der Waals surface area contributed by atoms with E-state index in [1.54, 1.807) is 0 Å². The zero-order valence-electron chi connectivity index (χ0n) is 24.2. The van der Waals surface area contributed by atoms with E-state index in [4.69, 9.17) is 15.5 Å². The zero-order valence-corrected chi connectivity index (χ0v) is 24.2. The summed E-state index contributed by atoms with van der Waals surface area (Å²) in [7, 11) is 0. The molecule has 4 fully saturated rings. The SMILES string of the molecule is Nc1cc(N2CCN(CCN3CCOCC3)CC2)nc(N2CCC(CNCCCNC3CCCCC3)CC2)n1. The van der Waals surface area contributed by atoms with Crippen molar-refractivity contribution in [2.75, 3.05) is 114 Å². The van der Waals surface area contributed by atoms with E-state index in [1.165, 1.54) is 51.4 Å². The molecule has 0 amide bonds. The number of nitrogens with one attached hydrogen (secondary N) is 2. The lowest BCUT2D eigenvalue weighted by molar-refractivity contribution is 0.0331. The van der Waals surface area contributed by atoms with Crippen molar-refractivity contribution in [3.63, 3.8) is 0 Å². The first-order valence-corrected chi connectivity index (χ1v) is 15.8. The molecule has 1 aromatic rings. The van der Waals surface area contributed by atoms with Crippen LogP contribution in [-0.4, -0.2) is 124 Å². The smallest absolute Gasteiger partial charge is 0.229 e. The first-order chi connectivity index (χ1) is 19.2. The highest BCUT2D eigenvalue weighted by Gasteiger charge is 2.24. The highest BCUT2D eigenvalue weighted by Crippen LogP contribution is 2.24. The molecule has 1 aliphatic carbocycles. The Kier molecular flexibility index (Phi) is 11.3. The van der Waals surface area contributed by atoms with E-state index in [-0.39, 0.29) is 0 Å². The summed E-state index contributed by atoms with van der Waals surface area (Å²) in [4.78, 5) is 19.4. The molecule has 39 heavy (non-hydrogen) atoms. The summed E-state index contributed by atoms with van der Waals surface area (Å²) in [6.07, 6.45) is 10.6. The predicted molar refractivity (Wildman–Crippen MR) is 160 cm³/mol. The van der Waals surface area contributed by atoms with Crippen molar-refractivity contribution in [2.24, 2.45) is 5.92 Å². The second-order valence-electron chi connectivity index (χ2n) is 12.0.